The number of carbonyl (C=O) groups is 1. The van der Waals surface area contributed by atoms with Gasteiger partial charge in [0.1, 0.15) is 23.1 Å². The Morgan fingerprint density at radius 2 is 1.97 bits per heavy atom. The number of aromatic amines is 1. The number of H-pyrrole nitrogens is 1. The average molecular weight is 402 g/mol. The largest absolute Gasteiger partial charge is 0.360 e. The number of benzene rings is 2. The molecule has 0 aliphatic heterocycles. The molecule has 7 heteroatoms. The molecule has 1 saturated carbocycles. The van der Waals surface area contributed by atoms with E-state index in [0.29, 0.717) is 45.7 Å². The number of carbonyl (C=O) groups excluding carboxylic acids is 1. The first kappa shape index (κ1) is 18.3. The predicted octanol–water partition coefficient (Wildman–Crippen LogP) is 4.74. The van der Waals surface area contributed by atoms with Crippen LogP contribution in [0.25, 0.3) is 33.9 Å². The molecular formula is C23H19FN4O2. The van der Waals surface area contributed by atoms with Gasteiger partial charge >= 0.3 is 0 Å². The molecule has 6 nitrogen and oxygen atoms in total. The summed E-state index contributed by atoms with van der Waals surface area (Å²) in [4.78, 5) is 20.2. The van der Waals surface area contributed by atoms with Crippen LogP contribution in [0.5, 0.6) is 0 Å². The molecule has 4 aromatic rings. The zero-order valence-corrected chi connectivity index (χ0v) is 16.3. The number of amides is 1. The van der Waals surface area contributed by atoms with Crippen LogP contribution in [-0.4, -0.2) is 27.1 Å². The number of nitrogens with one attached hydrogen (secondary N) is 2. The van der Waals surface area contributed by atoms with Crippen LogP contribution in [0.1, 0.15) is 29.0 Å². The van der Waals surface area contributed by atoms with Gasteiger partial charge in [-0.3, -0.25) is 4.79 Å². The van der Waals surface area contributed by atoms with Crippen molar-refractivity contribution < 1.29 is 13.7 Å². The molecule has 1 aliphatic rings. The Hall–Kier alpha value is -3.74. The van der Waals surface area contributed by atoms with Crippen LogP contribution in [0.4, 0.5) is 4.39 Å². The van der Waals surface area contributed by atoms with E-state index in [9.17, 15) is 9.18 Å². The fourth-order valence-corrected chi connectivity index (χ4v) is 3.41. The summed E-state index contributed by atoms with van der Waals surface area (Å²) >= 11 is 0. The average Bonchev–Trinajstić information content (AvgIpc) is 3.28. The summed E-state index contributed by atoms with van der Waals surface area (Å²) in [5.74, 6) is 0.791. The minimum Gasteiger partial charge on any atom is -0.360 e. The van der Waals surface area contributed by atoms with E-state index in [1.165, 1.54) is 12.1 Å². The standard InChI is InChI=1S/C23H19FN4O2/c1-13-20(21(28-30-13)14-4-3-7-17(24)11-14)19-12-25-22(27-19)15-5-2-6-16(10-15)23(29)26-18-8-9-18/h2-7,10-12,18H,8-9H2,1H3,(H,25,27)(H,26,29). The molecule has 30 heavy (non-hydrogen) atoms. The Labute approximate surface area is 172 Å². The molecular weight excluding hydrogens is 383 g/mol. The molecule has 0 spiro atoms. The second-order valence-corrected chi connectivity index (χ2v) is 7.44. The monoisotopic (exact) mass is 402 g/mol. The molecule has 5 rings (SSSR count). The highest BCUT2D eigenvalue weighted by atomic mass is 19.1. The SMILES string of the molecule is Cc1onc(-c2cccc(F)c2)c1-c1c[nH]c(-c2cccc(C(=O)NC3CC3)c2)n1. The molecule has 150 valence electrons. The van der Waals surface area contributed by atoms with Crippen LogP contribution in [0.3, 0.4) is 0 Å². The van der Waals surface area contributed by atoms with E-state index >= 15 is 0 Å². The van der Waals surface area contributed by atoms with Gasteiger partial charge in [-0.25, -0.2) is 9.37 Å². The molecule has 0 bridgehead atoms. The molecule has 1 fully saturated rings. The van der Waals surface area contributed by atoms with Gasteiger partial charge in [0, 0.05) is 28.9 Å². The summed E-state index contributed by atoms with van der Waals surface area (Å²) in [6.45, 7) is 1.79. The highest BCUT2D eigenvalue weighted by Crippen LogP contribution is 2.34. The lowest BCUT2D eigenvalue weighted by atomic mass is 10.0. The number of nitrogens with zero attached hydrogens (tertiary/aromatic N) is 2. The van der Waals surface area contributed by atoms with E-state index in [1.807, 2.05) is 18.2 Å². The maximum absolute atomic E-state index is 13.7. The topological polar surface area (TPSA) is 83.8 Å². The Morgan fingerprint density at radius 1 is 1.17 bits per heavy atom. The quantitative estimate of drug-likeness (QED) is 0.505. The van der Waals surface area contributed by atoms with Crippen molar-refractivity contribution in [2.24, 2.45) is 0 Å². The second-order valence-electron chi connectivity index (χ2n) is 7.44. The molecule has 0 atom stereocenters. The van der Waals surface area contributed by atoms with E-state index in [0.717, 1.165) is 18.4 Å². The molecule has 1 amide bonds. The minimum absolute atomic E-state index is 0.0746. The second kappa shape index (κ2) is 7.26. The Morgan fingerprint density at radius 3 is 2.77 bits per heavy atom. The van der Waals surface area contributed by atoms with Crippen molar-refractivity contribution in [1.29, 1.82) is 0 Å². The van der Waals surface area contributed by atoms with Crippen molar-refractivity contribution in [2.75, 3.05) is 0 Å². The lowest BCUT2D eigenvalue weighted by molar-refractivity contribution is 0.0951. The van der Waals surface area contributed by atoms with Gasteiger partial charge in [-0.05, 0) is 44.0 Å². The first-order chi connectivity index (χ1) is 14.6. The molecule has 2 aromatic heterocycles. The third kappa shape index (κ3) is 3.50. The minimum atomic E-state index is -0.344. The summed E-state index contributed by atoms with van der Waals surface area (Å²) in [5.41, 5.74) is 3.87. The highest BCUT2D eigenvalue weighted by molar-refractivity contribution is 5.95. The van der Waals surface area contributed by atoms with Crippen LogP contribution in [0.2, 0.25) is 0 Å². The van der Waals surface area contributed by atoms with Gasteiger partial charge in [-0.1, -0.05) is 29.4 Å². The van der Waals surface area contributed by atoms with Crippen LogP contribution >= 0.6 is 0 Å². The molecule has 2 N–H and O–H groups in total. The lowest BCUT2D eigenvalue weighted by Crippen LogP contribution is -2.25. The van der Waals surface area contributed by atoms with Crippen LogP contribution in [-0.2, 0) is 0 Å². The summed E-state index contributed by atoms with van der Waals surface area (Å²) in [6.07, 6.45) is 3.84. The van der Waals surface area contributed by atoms with Gasteiger partial charge in [0.05, 0.1) is 11.3 Å². The third-order valence-electron chi connectivity index (χ3n) is 5.11. The molecule has 1 aliphatic carbocycles. The van der Waals surface area contributed by atoms with E-state index in [2.05, 4.69) is 20.4 Å². The number of halogens is 1. The van der Waals surface area contributed by atoms with Gasteiger partial charge < -0.3 is 14.8 Å². The molecule has 0 radical (unpaired) electrons. The third-order valence-corrected chi connectivity index (χ3v) is 5.11. The maximum Gasteiger partial charge on any atom is 0.251 e. The van der Waals surface area contributed by atoms with E-state index < -0.39 is 0 Å². The van der Waals surface area contributed by atoms with Gasteiger partial charge in [0.2, 0.25) is 0 Å². The maximum atomic E-state index is 13.7. The van der Waals surface area contributed by atoms with Crippen LogP contribution in [0.15, 0.2) is 59.3 Å². The smallest absolute Gasteiger partial charge is 0.251 e. The van der Waals surface area contributed by atoms with E-state index in [1.54, 1.807) is 31.3 Å². The summed E-state index contributed by atoms with van der Waals surface area (Å²) < 4.78 is 19.1. The fourth-order valence-electron chi connectivity index (χ4n) is 3.41. The Kier molecular flexibility index (Phi) is 4.43. The first-order valence-electron chi connectivity index (χ1n) is 9.78. The number of aromatic nitrogens is 3. The summed E-state index contributed by atoms with van der Waals surface area (Å²) in [6, 6.07) is 13.8. The van der Waals surface area contributed by atoms with Gasteiger partial charge in [-0.2, -0.15) is 0 Å². The fraction of sp³-hybridized carbons (Fsp3) is 0.174. The van der Waals surface area contributed by atoms with Gasteiger partial charge in [0.25, 0.3) is 5.91 Å². The Balaban J connectivity index is 1.48. The van der Waals surface area contributed by atoms with Crippen molar-refractivity contribution in [3.63, 3.8) is 0 Å². The molecule has 0 saturated heterocycles. The number of rotatable bonds is 5. The zero-order chi connectivity index (χ0) is 20.7. The van der Waals surface area contributed by atoms with Gasteiger partial charge in [-0.15, -0.1) is 0 Å². The number of imidazole rings is 1. The van der Waals surface area contributed by atoms with E-state index in [-0.39, 0.29) is 11.7 Å². The normalized spacial score (nSPS) is 13.4. The number of hydrogen-bond acceptors (Lipinski definition) is 4. The molecule has 2 aromatic carbocycles. The lowest BCUT2D eigenvalue weighted by Gasteiger charge is -2.04. The zero-order valence-electron chi connectivity index (χ0n) is 16.3. The number of aryl methyl sites for hydroxylation is 1. The van der Waals surface area contributed by atoms with E-state index in [4.69, 9.17) is 4.52 Å². The van der Waals surface area contributed by atoms with Crippen molar-refractivity contribution in [1.82, 2.24) is 20.4 Å². The molecule has 2 heterocycles. The van der Waals surface area contributed by atoms with Crippen molar-refractivity contribution in [2.45, 2.75) is 25.8 Å². The van der Waals surface area contributed by atoms with Crippen molar-refractivity contribution >= 4 is 5.91 Å². The molecule has 0 unspecified atom stereocenters. The predicted molar refractivity (Wildman–Crippen MR) is 110 cm³/mol. The van der Waals surface area contributed by atoms with Crippen LogP contribution in [0, 0.1) is 12.7 Å². The number of hydrogen-bond donors (Lipinski definition) is 2. The summed E-state index contributed by atoms with van der Waals surface area (Å²) in [7, 11) is 0. The summed E-state index contributed by atoms with van der Waals surface area (Å²) in [5, 5.41) is 7.10. The van der Waals surface area contributed by atoms with Crippen molar-refractivity contribution in [3.05, 3.63) is 71.9 Å². The van der Waals surface area contributed by atoms with Gasteiger partial charge in [0.15, 0.2) is 0 Å². The Bertz CT molecular complexity index is 1240. The van der Waals surface area contributed by atoms with Crippen LogP contribution < -0.4 is 5.32 Å². The first-order valence-corrected chi connectivity index (χ1v) is 9.78. The van der Waals surface area contributed by atoms with Crippen molar-refractivity contribution in [3.8, 4) is 33.9 Å². The highest BCUT2D eigenvalue weighted by Gasteiger charge is 2.24.